The maximum atomic E-state index is 12.1. The molecule has 3 aromatic rings. The van der Waals surface area contributed by atoms with E-state index >= 15 is 0 Å². The van der Waals surface area contributed by atoms with E-state index in [-0.39, 0.29) is 17.5 Å². The zero-order chi connectivity index (χ0) is 17.1. The summed E-state index contributed by atoms with van der Waals surface area (Å²) >= 11 is 0. The second-order valence-electron chi connectivity index (χ2n) is 5.73. The van der Waals surface area contributed by atoms with Crippen LogP contribution in [-0.2, 0) is 0 Å². The van der Waals surface area contributed by atoms with Crippen LogP contribution in [0.4, 0.5) is 0 Å². The summed E-state index contributed by atoms with van der Waals surface area (Å²) in [5, 5.41) is 15.0. The highest BCUT2D eigenvalue weighted by molar-refractivity contribution is 5.93. The van der Waals surface area contributed by atoms with Crippen molar-refractivity contribution in [2.24, 2.45) is 0 Å². The SMILES string of the molecule is Cc1cc(=O)c(C(=O)NCC(O)c2ccc3ccccc3c2)c[nH]1. The van der Waals surface area contributed by atoms with Crippen molar-refractivity contribution < 1.29 is 9.90 Å². The first kappa shape index (κ1) is 16.0. The Morgan fingerprint density at radius 1 is 1.17 bits per heavy atom. The molecule has 0 radical (unpaired) electrons. The van der Waals surface area contributed by atoms with E-state index < -0.39 is 12.0 Å². The highest BCUT2D eigenvalue weighted by Crippen LogP contribution is 2.20. The summed E-state index contributed by atoms with van der Waals surface area (Å²) in [4.78, 5) is 26.7. The number of hydrogen-bond acceptors (Lipinski definition) is 3. The van der Waals surface area contributed by atoms with Gasteiger partial charge in [-0.15, -0.1) is 0 Å². The quantitative estimate of drug-likeness (QED) is 0.689. The van der Waals surface area contributed by atoms with E-state index in [4.69, 9.17) is 0 Å². The van der Waals surface area contributed by atoms with Crippen LogP contribution in [0.25, 0.3) is 10.8 Å². The maximum absolute atomic E-state index is 12.1. The Morgan fingerprint density at radius 2 is 1.92 bits per heavy atom. The predicted molar refractivity (Wildman–Crippen MR) is 93.0 cm³/mol. The smallest absolute Gasteiger partial charge is 0.256 e. The Kier molecular flexibility index (Phi) is 4.44. The van der Waals surface area contributed by atoms with Gasteiger partial charge in [0.1, 0.15) is 5.56 Å². The van der Waals surface area contributed by atoms with E-state index in [1.165, 1.54) is 12.3 Å². The Morgan fingerprint density at radius 3 is 2.67 bits per heavy atom. The average Bonchev–Trinajstić information content (AvgIpc) is 2.59. The van der Waals surface area contributed by atoms with Crippen LogP contribution in [0.1, 0.15) is 27.7 Å². The topological polar surface area (TPSA) is 82.2 Å². The van der Waals surface area contributed by atoms with Crippen LogP contribution in [0.5, 0.6) is 0 Å². The number of amides is 1. The number of rotatable bonds is 4. The fourth-order valence-corrected chi connectivity index (χ4v) is 2.57. The number of benzene rings is 2. The zero-order valence-electron chi connectivity index (χ0n) is 13.2. The van der Waals surface area contributed by atoms with Crippen molar-refractivity contribution in [2.75, 3.05) is 6.54 Å². The standard InChI is InChI=1S/C19H18N2O3/c1-12-8-17(22)16(10-20-12)19(24)21-11-18(23)15-7-6-13-4-2-3-5-14(13)9-15/h2-10,18,23H,11H2,1H3,(H,20,22)(H,21,24). The minimum absolute atomic E-state index is 0.0322. The van der Waals surface area contributed by atoms with Crippen molar-refractivity contribution in [3.63, 3.8) is 0 Å². The minimum Gasteiger partial charge on any atom is -0.387 e. The second kappa shape index (κ2) is 6.68. The molecule has 1 heterocycles. The van der Waals surface area contributed by atoms with Gasteiger partial charge >= 0.3 is 0 Å². The summed E-state index contributed by atoms with van der Waals surface area (Å²) in [5.41, 5.74) is 1.09. The first-order valence-corrected chi connectivity index (χ1v) is 7.69. The molecular formula is C19H18N2O3. The third kappa shape index (κ3) is 3.36. The molecule has 0 bridgehead atoms. The number of aryl methyl sites for hydroxylation is 1. The maximum Gasteiger partial charge on any atom is 0.256 e. The van der Waals surface area contributed by atoms with Gasteiger partial charge in [-0.3, -0.25) is 9.59 Å². The Balaban J connectivity index is 1.70. The average molecular weight is 322 g/mol. The molecule has 1 atom stereocenters. The van der Waals surface area contributed by atoms with Gasteiger partial charge < -0.3 is 15.4 Å². The molecule has 0 aliphatic heterocycles. The Hall–Kier alpha value is -2.92. The number of aliphatic hydroxyl groups excluding tert-OH is 1. The van der Waals surface area contributed by atoms with Gasteiger partial charge in [0.2, 0.25) is 0 Å². The Labute approximate surface area is 139 Å². The number of pyridine rings is 1. The fourth-order valence-electron chi connectivity index (χ4n) is 2.57. The lowest BCUT2D eigenvalue weighted by atomic mass is 10.0. The lowest BCUT2D eigenvalue weighted by molar-refractivity contribution is 0.0915. The van der Waals surface area contributed by atoms with E-state index in [1.807, 2.05) is 42.5 Å². The number of carbonyl (C=O) groups is 1. The number of nitrogens with one attached hydrogen (secondary N) is 2. The van der Waals surface area contributed by atoms with Crippen molar-refractivity contribution in [3.8, 4) is 0 Å². The number of aromatic nitrogens is 1. The monoisotopic (exact) mass is 322 g/mol. The van der Waals surface area contributed by atoms with Gasteiger partial charge in [0.15, 0.2) is 5.43 Å². The van der Waals surface area contributed by atoms with Crippen molar-refractivity contribution in [3.05, 3.63) is 81.8 Å². The van der Waals surface area contributed by atoms with Gasteiger partial charge in [-0.05, 0) is 29.3 Å². The lowest BCUT2D eigenvalue weighted by Crippen LogP contribution is -2.32. The van der Waals surface area contributed by atoms with Crippen molar-refractivity contribution >= 4 is 16.7 Å². The normalized spacial score (nSPS) is 12.1. The van der Waals surface area contributed by atoms with Crippen LogP contribution < -0.4 is 10.7 Å². The summed E-state index contributed by atoms with van der Waals surface area (Å²) in [6, 6.07) is 14.9. The number of carbonyl (C=O) groups excluding carboxylic acids is 1. The molecule has 1 unspecified atom stereocenters. The molecule has 0 aliphatic carbocycles. The first-order valence-electron chi connectivity index (χ1n) is 7.69. The van der Waals surface area contributed by atoms with Gasteiger partial charge in [-0.2, -0.15) is 0 Å². The highest BCUT2D eigenvalue weighted by Gasteiger charge is 2.13. The number of hydrogen-bond donors (Lipinski definition) is 3. The van der Waals surface area contributed by atoms with E-state index in [0.29, 0.717) is 11.3 Å². The molecule has 0 fully saturated rings. The molecule has 5 nitrogen and oxygen atoms in total. The number of aliphatic hydroxyl groups is 1. The third-order valence-electron chi connectivity index (χ3n) is 3.92. The molecular weight excluding hydrogens is 304 g/mol. The molecule has 0 saturated carbocycles. The van der Waals surface area contributed by atoms with Gasteiger partial charge in [0, 0.05) is 24.5 Å². The van der Waals surface area contributed by atoms with E-state index in [9.17, 15) is 14.7 Å². The lowest BCUT2D eigenvalue weighted by Gasteiger charge is -2.13. The van der Waals surface area contributed by atoms with Crippen molar-refractivity contribution in [1.29, 1.82) is 0 Å². The molecule has 3 rings (SSSR count). The van der Waals surface area contributed by atoms with Crippen LogP contribution in [0.2, 0.25) is 0 Å². The predicted octanol–water partition coefficient (Wildman–Crippen LogP) is 2.30. The van der Waals surface area contributed by atoms with Crippen LogP contribution >= 0.6 is 0 Å². The molecule has 0 spiro atoms. The van der Waals surface area contributed by atoms with Crippen LogP contribution in [0.3, 0.4) is 0 Å². The second-order valence-corrected chi connectivity index (χ2v) is 5.73. The molecule has 3 N–H and O–H groups in total. The molecule has 0 saturated heterocycles. The minimum atomic E-state index is -0.844. The van der Waals surface area contributed by atoms with Crippen LogP contribution in [0.15, 0.2) is 59.5 Å². The molecule has 0 aliphatic rings. The van der Waals surface area contributed by atoms with Gasteiger partial charge in [-0.25, -0.2) is 0 Å². The number of H-pyrrole nitrogens is 1. The fraction of sp³-hybridized carbons (Fsp3) is 0.158. The summed E-state index contributed by atoms with van der Waals surface area (Å²) in [5.74, 6) is -0.504. The van der Waals surface area contributed by atoms with Crippen molar-refractivity contribution in [1.82, 2.24) is 10.3 Å². The third-order valence-corrected chi connectivity index (χ3v) is 3.92. The number of aromatic amines is 1. The molecule has 5 heteroatoms. The summed E-state index contributed by atoms with van der Waals surface area (Å²) in [7, 11) is 0. The molecule has 24 heavy (non-hydrogen) atoms. The summed E-state index contributed by atoms with van der Waals surface area (Å²) in [6.45, 7) is 1.77. The van der Waals surface area contributed by atoms with Crippen LogP contribution in [-0.4, -0.2) is 22.5 Å². The highest BCUT2D eigenvalue weighted by atomic mass is 16.3. The van der Waals surface area contributed by atoms with E-state index in [2.05, 4.69) is 10.3 Å². The van der Waals surface area contributed by atoms with Gasteiger partial charge in [0.05, 0.1) is 6.10 Å². The zero-order valence-corrected chi connectivity index (χ0v) is 13.2. The van der Waals surface area contributed by atoms with E-state index in [1.54, 1.807) is 6.92 Å². The van der Waals surface area contributed by atoms with Crippen molar-refractivity contribution in [2.45, 2.75) is 13.0 Å². The summed E-state index contributed by atoms with van der Waals surface area (Å²) < 4.78 is 0. The first-order chi connectivity index (χ1) is 11.5. The summed E-state index contributed by atoms with van der Waals surface area (Å²) in [6.07, 6.45) is 0.540. The molecule has 1 aromatic heterocycles. The molecule has 122 valence electrons. The van der Waals surface area contributed by atoms with E-state index in [0.717, 1.165) is 10.8 Å². The Bertz CT molecular complexity index is 946. The van der Waals surface area contributed by atoms with Gasteiger partial charge in [0.25, 0.3) is 5.91 Å². The molecule has 2 aromatic carbocycles. The largest absolute Gasteiger partial charge is 0.387 e. The van der Waals surface area contributed by atoms with Crippen LogP contribution in [0, 0.1) is 6.92 Å². The van der Waals surface area contributed by atoms with Gasteiger partial charge in [-0.1, -0.05) is 36.4 Å². The number of fused-ring (bicyclic) bond motifs is 1. The molecule has 1 amide bonds.